The van der Waals surface area contributed by atoms with Gasteiger partial charge < -0.3 is 9.88 Å². The maximum atomic E-state index is 4.52. The maximum absolute atomic E-state index is 4.52. The Hall–Kier alpha value is -2.20. The summed E-state index contributed by atoms with van der Waals surface area (Å²) in [7, 11) is 0. The number of aromatic nitrogens is 3. The standard InChI is InChI=1S/C15H14N4/c1-2-4-14-11(3-1)5-13(8-18-14)19-10-17-9-15(19)12-6-16-7-12/h1-5,8-10,12,16H,6-7H2. The number of hydrogen-bond acceptors (Lipinski definition) is 3. The van der Waals surface area contributed by atoms with Crippen molar-refractivity contribution in [3.8, 4) is 5.69 Å². The SMILES string of the molecule is c1ccc2ncc(-n3cncc3C3CNC3)cc2c1. The number of fused-ring (bicyclic) bond motifs is 1. The van der Waals surface area contributed by atoms with Crippen LogP contribution in [0.15, 0.2) is 49.1 Å². The molecule has 1 aliphatic heterocycles. The van der Waals surface area contributed by atoms with Gasteiger partial charge in [0.15, 0.2) is 0 Å². The lowest BCUT2D eigenvalue weighted by atomic mass is 10.00. The Labute approximate surface area is 111 Å². The summed E-state index contributed by atoms with van der Waals surface area (Å²) in [5, 5.41) is 4.46. The van der Waals surface area contributed by atoms with E-state index in [1.165, 1.54) is 5.69 Å². The van der Waals surface area contributed by atoms with Crippen LogP contribution in [0.2, 0.25) is 0 Å². The molecule has 3 heterocycles. The van der Waals surface area contributed by atoms with E-state index < -0.39 is 0 Å². The smallest absolute Gasteiger partial charge is 0.0994 e. The summed E-state index contributed by atoms with van der Waals surface area (Å²) in [6.45, 7) is 2.07. The minimum Gasteiger partial charge on any atom is -0.315 e. The van der Waals surface area contributed by atoms with Crippen molar-refractivity contribution in [1.29, 1.82) is 0 Å². The average Bonchev–Trinajstić information content (AvgIpc) is 2.85. The summed E-state index contributed by atoms with van der Waals surface area (Å²) < 4.78 is 2.14. The minimum atomic E-state index is 0.564. The van der Waals surface area contributed by atoms with Gasteiger partial charge in [0.25, 0.3) is 0 Å². The second-order valence-corrected chi connectivity index (χ2v) is 4.93. The molecule has 4 rings (SSSR count). The normalized spacial score (nSPS) is 15.6. The van der Waals surface area contributed by atoms with Crippen molar-refractivity contribution in [2.75, 3.05) is 13.1 Å². The highest BCUT2D eigenvalue weighted by Crippen LogP contribution is 2.23. The molecular formula is C15H14N4. The van der Waals surface area contributed by atoms with Gasteiger partial charge >= 0.3 is 0 Å². The van der Waals surface area contributed by atoms with Gasteiger partial charge in [0, 0.05) is 36.3 Å². The average molecular weight is 250 g/mol. The van der Waals surface area contributed by atoms with Crippen LogP contribution in [-0.4, -0.2) is 27.6 Å². The predicted octanol–water partition coefficient (Wildman–Crippen LogP) is 2.11. The molecule has 4 heteroatoms. The van der Waals surface area contributed by atoms with E-state index in [0.29, 0.717) is 5.92 Å². The summed E-state index contributed by atoms with van der Waals surface area (Å²) in [5.74, 6) is 0.564. The van der Waals surface area contributed by atoms with Gasteiger partial charge in [-0.25, -0.2) is 4.98 Å². The Balaban J connectivity index is 1.83. The molecule has 0 unspecified atom stereocenters. The van der Waals surface area contributed by atoms with Crippen molar-refractivity contribution in [3.63, 3.8) is 0 Å². The number of benzene rings is 1. The van der Waals surface area contributed by atoms with Crippen LogP contribution in [-0.2, 0) is 0 Å². The molecule has 1 N–H and O–H groups in total. The Morgan fingerprint density at radius 1 is 1.16 bits per heavy atom. The Morgan fingerprint density at radius 3 is 2.89 bits per heavy atom. The third-order valence-electron chi connectivity index (χ3n) is 3.72. The molecule has 0 bridgehead atoms. The van der Waals surface area contributed by atoms with Crippen molar-refractivity contribution < 1.29 is 0 Å². The molecular weight excluding hydrogens is 236 g/mol. The number of para-hydroxylation sites is 1. The molecule has 0 saturated carbocycles. The van der Waals surface area contributed by atoms with Gasteiger partial charge in [0.2, 0.25) is 0 Å². The molecule has 94 valence electrons. The monoisotopic (exact) mass is 250 g/mol. The lowest BCUT2D eigenvalue weighted by Gasteiger charge is -2.27. The predicted molar refractivity (Wildman–Crippen MR) is 74.5 cm³/mol. The molecule has 1 aromatic carbocycles. The maximum Gasteiger partial charge on any atom is 0.0994 e. The summed E-state index contributed by atoms with van der Waals surface area (Å²) >= 11 is 0. The zero-order valence-corrected chi connectivity index (χ0v) is 10.5. The van der Waals surface area contributed by atoms with Gasteiger partial charge in [-0.2, -0.15) is 0 Å². The summed E-state index contributed by atoms with van der Waals surface area (Å²) in [5.41, 5.74) is 3.37. The summed E-state index contributed by atoms with van der Waals surface area (Å²) in [6.07, 6.45) is 5.75. The van der Waals surface area contributed by atoms with E-state index in [4.69, 9.17) is 0 Å². The molecule has 0 radical (unpaired) electrons. The second kappa shape index (κ2) is 4.17. The number of imidazole rings is 1. The molecule has 2 aromatic heterocycles. The van der Waals surface area contributed by atoms with Crippen molar-refractivity contribution in [1.82, 2.24) is 19.9 Å². The van der Waals surface area contributed by atoms with E-state index in [1.807, 2.05) is 36.9 Å². The van der Waals surface area contributed by atoms with E-state index in [2.05, 4.69) is 32.0 Å². The molecule has 1 saturated heterocycles. The number of hydrogen-bond donors (Lipinski definition) is 1. The fourth-order valence-corrected chi connectivity index (χ4v) is 2.51. The van der Waals surface area contributed by atoms with E-state index in [-0.39, 0.29) is 0 Å². The van der Waals surface area contributed by atoms with Gasteiger partial charge in [-0.05, 0) is 12.1 Å². The van der Waals surface area contributed by atoms with Crippen molar-refractivity contribution in [2.45, 2.75) is 5.92 Å². The van der Waals surface area contributed by atoms with E-state index in [0.717, 1.165) is 29.7 Å². The van der Waals surface area contributed by atoms with Gasteiger partial charge in [-0.1, -0.05) is 18.2 Å². The van der Waals surface area contributed by atoms with E-state index in [9.17, 15) is 0 Å². The topological polar surface area (TPSA) is 42.7 Å². The molecule has 0 atom stereocenters. The van der Waals surface area contributed by atoms with Crippen LogP contribution in [0.1, 0.15) is 11.6 Å². The molecule has 19 heavy (non-hydrogen) atoms. The van der Waals surface area contributed by atoms with Crippen LogP contribution >= 0.6 is 0 Å². The van der Waals surface area contributed by atoms with Crippen LogP contribution in [0.5, 0.6) is 0 Å². The van der Waals surface area contributed by atoms with Gasteiger partial charge in [0.1, 0.15) is 0 Å². The third kappa shape index (κ3) is 1.72. The fourth-order valence-electron chi connectivity index (χ4n) is 2.51. The Morgan fingerprint density at radius 2 is 2.05 bits per heavy atom. The molecule has 0 aliphatic carbocycles. The summed E-state index contributed by atoms with van der Waals surface area (Å²) in [6, 6.07) is 10.3. The highest BCUT2D eigenvalue weighted by Gasteiger charge is 2.22. The Bertz CT molecular complexity index is 728. The highest BCUT2D eigenvalue weighted by molar-refractivity contribution is 5.80. The number of pyridine rings is 1. The molecule has 0 amide bonds. The second-order valence-electron chi connectivity index (χ2n) is 4.93. The van der Waals surface area contributed by atoms with Gasteiger partial charge in [-0.3, -0.25) is 4.98 Å². The molecule has 1 fully saturated rings. The molecule has 3 aromatic rings. The van der Waals surface area contributed by atoms with Crippen molar-refractivity contribution in [3.05, 3.63) is 54.7 Å². The first-order chi connectivity index (χ1) is 9.42. The molecule has 4 nitrogen and oxygen atoms in total. The lowest BCUT2D eigenvalue weighted by molar-refractivity contribution is 0.435. The van der Waals surface area contributed by atoms with Crippen LogP contribution in [0.4, 0.5) is 0 Å². The van der Waals surface area contributed by atoms with Gasteiger partial charge in [-0.15, -0.1) is 0 Å². The highest BCUT2D eigenvalue weighted by atomic mass is 15.1. The quantitative estimate of drug-likeness (QED) is 0.757. The van der Waals surface area contributed by atoms with Crippen LogP contribution in [0, 0.1) is 0 Å². The van der Waals surface area contributed by atoms with Crippen molar-refractivity contribution >= 4 is 10.9 Å². The largest absolute Gasteiger partial charge is 0.315 e. The third-order valence-corrected chi connectivity index (χ3v) is 3.72. The fraction of sp³-hybridized carbons (Fsp3) is 0.200. The number of nitrogens with one attached hydrogen (secondary N) is 1. The van der Waals surface area contributed by atoms with Crippen LogP contribution in [0.3, 0.4) is 0 Å². The number of nitrogens with zero attached hydrogens (tertiary/aromatic N) is 3. The first-order valence-corrected chi connectivity index (χ1v) is 6.50. The van der Waals surface area contributed by atoms with E-state index >= 15 is 0 Å². The number of rotatable bonds is 2. The molecule has 0 spiro atoms. The van der Waals surface area contributed by atoms with Gasteiger partial charge in [0.05, 0.1) is 23.7 Å². The minimum absolute atomic E-state index is 0.564. The zero-order chi connectivity index (χ0) is 12.7. The van der Waals surface area contributed by atoms with Crippen molar-refractivity contribution in [2.24, 2.45) is 0 Å². The van der Waals surface area contributed by atoms with Crippen LogP contribution < -0.4 is 5.32 Å². The Kier molecular flexibility index (Phi) is 2.35. The van der Waals surface area contributed by atoms with Crippen LogP contribution in [0.25, 0.3) is 16.6 Å². The van der Waals surface area contributed by atoms with E-state index in [1.54, 1.807) is 0 Å². The summed E-state index contributed by atoms with van der Waals surface area (Å²) in [4.78, 5) is 8.81. The lowest BCUT2D eigenvalue weighted by Crippen LogP contribution is -2.40. The first-order valence-electron chi connectivity index (χ1n) is 6.50. The zero-order valence-electron chi connectivity index (χ0n) is 10.5. The first kappa shape index (κ1) is 10.7. The molecule has 1 aliphatic rings.